The lowest BCUT2D eigenvalue weighted by Crippen LogP contribution is -2.43. The standard InChI is InChI=1S/C18H30N2O2.ClH/c19-11-16-5-6-17(22-16)18(21)20-7-1-2-15(20)10-14-9-12-3-4-13(14)8-12;/h12-17H,1-11,19H2;1H/t12?,13?,14?,15?,16-,17+;/m1./s1. The zero-order valence-corrected chi connectivity index (χ0v) is 14.8. The fourth-order valence-electron chi connectivity index (χ4n) is 5.63. The van der Waals surface area contributed by atoms with Gasteiger partial charge in [-0.25, -0.2) is 0 Å². The van der Waals surface area contributed by atoms with E-state index in [9.17, 15) is 4.79 Å². The molecule has 0 radical (unpaired) electrons. The Morgan fingerprint density at radius 2 is 2.00 bits per heavy atom. The molecule has 0 spiro atoms. The summed E-state index contributed by atoms with van der Waals surface area (Å²) in [5.74, 6) is 3.11. The Morgan fingerprint density at radius 1 is 1.13 bits per heavy atom. The number of hydrogen-bond donors (Lipinski definition) is 1. The number of ether oxygens (including phenoxy) is 1. The minimum atomic E-state index is -0.214. The molecule has 132 valence electrons. The fraction of sp³-hybridized carbons (Fsp3) is 0.944. The van der Waals surface area contributed by atoms with Crippen LogP contribution < -0.4 is 5.73 Å². The van der Waals surface area contributed by atoms with Gasteiger partial charge in [0.25, 0.3) is 5.91 Å². The molecule has 6 atom stereocenters. The number of likely N-dealkylation sites (tertiary alicyclic amines) is 1. The second kappa shape index (κ2) is 7.28. The average molecular weight is 343 g/mol. The highest BCUT2D eigenvalue weighted by molar-refractivity contribution is 5.85. The number of carbonyl (C=O) groups excluding carboxylic acids is 1. The van der Waals surface area contributed by atoms with Crippen molar-refractivity contribution in [2.75, 3.05) is 13.1 Å². The molecule has 4 unspecified atom stereocenters. The van der Waals surface area contributed by atoms with Crippen LogP contribution in [0.25, 0.3) is 0 Å². The summed E-state index contributed by atoms with van der Waals surface area (Å²) >= 11 is 0. The first kappa shape index (κ1) is 17.5. The first-order chi connectivity index (χ1) is 10.7. The maximum Gasteiger partial charge on any atom is 0.251 e. The summed E-state index contributed by atoms with van der Waals surface area (Å²) in [5, 5.41) is 0. The highest BCUT2D eigenvalue weighted by Crippen LogP contribution is 2.50. The van der Waals surface area contributed by atoms with Crippen LogP contribution in [-0.4, -0.2) is 42.1 Å². The smallest absolute Gasteiger partial charge is 0.251 e. The van der Waals surface area contributed by atoms with Crippen LogP contribution in [0.15, 0.2) is 0 Å². The average Bonchev–Trinajstić information content (AvgIpc) is 3.30. The lowest BCUT2D eigenvalue weighted by molar-refractivity contribution is -0.144. The van der Waals surface area contributed by atoms with Crippen molar-refractivity contribution < 1.29 is 9.53 Å². The molecule has 4 rings (SSSR count). The molecule has 4 aliphatic rings. The van der Waals surface area contributed by atoms with Crippen molar-refractivity contribution in [2.24, 2.45) is 23.5 Å². The van der Waals surface area contributed by atoms with Gasteiger partial charge < -0.3 is 15.4 Å². The van der Waals surface area contributed by atoms with Gasteiger partial charge in [0, 0.05) is 19.1 Å². The maximum atomic E-state index is 12.8. The highest BCUT2D eigenvalue weighted by Gasteiger charge is 2.43. The van der Waals surface area contributed by atoms with Gasteiger partial charge in [0.2, 0.25) is 0 Å². The van der Waals surface area contributed by atoms with Crippen molar-refractivity contribution in [1.29, 1.82) is 0 Å². The molecule has 4 nitrogen and oxygen atoms in total. The quantitative estimate of drug-likeness (QED) is 0.854. The maximum absolute atomic E-state index is 12.8. The lowest BCUT2D eigenvalue weighted by Gasteiger charge is -2.31. The number of nitrogens with two attached hydrogens (primary N) is 1. The Kier molecular flexibility index (Phi) is 5.54. The number of hydrogen-bond acceptors (Lipinski definition) is 3. The van der Waals surface area contributed by atoms with Crippen molar-refractivity contribution >= 4 is 18.3 Å². The molecule has 0 aromatic heterocycles. The summed E-state index contributed by atoms with van der Waals surface area (Å²) in [4.78, 5) is 15.0. The molecule has 1 amide bonds. The van der Waals surface area contributed by atoms with Crippen molar-refractivity contribution in [3.8, 4) is 0 Å². The van der Waals surface area contributed by atoms with E-state index in [1.165, 1.54) is 44.9 Å². The fourth-order valence-corrected chi connectivity index (χ4v) is 5.63. The zero-order chi connectivity index (χ0) is 15.1. The van der Waals surface area contributed by atoms with Crippen LogP contribution in [0.4, 0.5) is 0 Å². The van der Waals surface area contributed by atoms with Crippen LogP contribution in [0.3, 0.4) is 0 Å². The predicted octanol–water partition coefficient (Wildman–Crippen LogP) is 2.73. The Balaban J connectivity index is 0.00000156. The first-order valence-corrected chi connectivity index (χ1v) is 9.40. The molecule has 5 heteroatoms. The van der Waals surface area contributed by atoms with Crippen molar-refractivity contribution in [2.45, 2.75) is 76.0 Å². The van der Waals surface area contributed by atoms with Crippen LogP contribution in [0.1, 0.15) is 57.8 Å². The Labute approximate surface area is 145 Å². The number of nitrogens with zero attached hydrogens (tertiary/aromatic N) is 1. The summed E-state index contributed by atoms with van der Waals surface area (Å²) in [6, 6.07) is 0.484. The molecular weight excluding hydrogens is 312 g/mol. The van der Waals surface area contributed by atoms with E-state index in [0.717, 1.165) is 37.1 Å². The molecule has 23 heavy (non-hydrogen) atoms. The van der Waals surface area contributed by atoms with Crippen LogP contribution in [0.5, 0.6) is 0 Å². The van der Waals surface area contributed by atoms with E-state index >= 15 is 0 Å². The third-order valence-electron chi connectivity index (χ3n) is 6.77. The minimum absolute atomic E-state index is 0. The van der Waals surface area contributed by atoms with Gasteiger partial charge in [-0.15, -0.1) is 12.4 Å². The van der Waals surface area contributed by atoms with Gasteiger partial charge in [0.1, 0.15) is 6.10 Å². The molecule has 2 bridgehead atoms. The molecule has 0 aromatic carbocycles. The molecule has 2 N–H and O–H groups in total. The Morgan fingerprint density at radius 3 is 2.65 bits per heavy atom. The number of carbonyl (C=O) groups is 1. The van der Waals surface area contributed by atoms with Crippen molar-refractivity contribution in [1.82, 2.24) is 4.90 Å². The van der Waals surface area contributed by atoms with E-state index in [-0.39, 0.29) is 30.5 Å². The minimum Gasteiger partial charge on any atom is -0.364 e. The van der Waals surface area contributed by atoms with Gasteiger partial charge in [-0.3, -0.25) is 4.79 Å². The van der Waals surface area contributed by atoms with Gasteiger partial charge in [-0.05, 0) is 69.1 Å². The molecule has 4 fully saturated rings. The molecule has 2 saturated carbocycles. The van der Waals surface area contributed by atoms with E-state index in [0.29, 0.717) is 12.6 Å². The van der Waals surface area contributed by atoms with Crippen LogP contribution in [-0.2, 0) is 9.53 Å². The summed E-state index contributed by atoms with van der Waals surface area (Å²) in [5.41, 5.74) is 5.67. The summed E-state index contributed by atoms with van der Waals surface area (Å²) in [6.07, 6.45) is 11.1. The summed E-state index contributed by atoms with van der Waals surface area (Å²) < 4.78 is 5.84. The van der Waals surface area contributed by atoms with Crippen molar-refractivity contribution in [3.63, 3.8) is 0 Å². The summed E-state index contributed by atoms with van der Waals surface area (Å²) in [6.45, 7) is 1.48. The topological polar surface area (TPSA) is 55.6 Å². The van der Waals surface area contributed by atoms with E-state index in [4.69, 9.17) is 10.5 Å². The van der Waals surface area contributed by atoms with Gasteiger partial charge in [0.15, 0.2) is 0 Å². The van der Waals surface area contributed by atoms with E-state index in [1.807, 2.05) is 0 Å². The molecule has 2 aliphatic carbocycles. The second-order valence-electron chi connectivity index (χ2n) is 8.06. The van der Waals surface area contributed by atoms with Gasteiger partial charge in [-0.2, -0.15) is 0 Å². The predicted molar refractivity (Wildman–Crippen MR) is 92.5 cm³/mol. The van der Waals surface area contributed by atoms with E-state index in [2.05, 4.69) is 4.90 Å². The molecule has 2 heterocycles. The van der Waals surface area contributed by atoms with Gasteiger partial charge in [-0.1, -0.05) is 6.42 Å². The van der Waals surface area contributed by atoms with Crippen molar-refractivity contribution in [3.05, 3.63) is 0 Å². The SMILES string of the molecule is Cl.NC[C@H]1CC[C@@H](C(=O)N2CCCC2CC2CC3CCC2C3)O1. The number of fused-ring (bicyclic) bond motifs is 2. The zero-order valence-electron chi connectivity index (χ0n) is 14.0. The van der Waals surface area contributed by atoms with Crippen LogP contribution in [0, 0.1) is 17.8 Å². The Hall–Kier alpha value is -0.320. The number of halogens is 1. The molecule has 2 saturated heterocycles. The molecule has 0 aromatic rings. The Bertz CT molecular complexity index is 433. The highest BCUT2D eigenvalue weighted by atomic mass is 35.5. The first-order valence-electron chi connectivity index (χ1n) is 9.40. The number of amides is 1. The van der Waals surface area contributed by atoms with Gasteiger partial charge in [0.05, 0.1) is 6.10 Å². The third-order valence-corrected chi connectivity index (χ3v) is 6.77. The number of rotatable bonds is 4. The second-order valence-corrected chi connectivity index (χ2v) is 8.06. The molecule has 2 aliphatic heterocycles. The van der Waals surface area contributed by atoms with Crippen LogP contribution >= 0.6 is 12.4 Å². The van der Waals surface area contributed by atoms with Gasteiger partial charge >= 0.3 is 0 Å². The van der Waals surface area contributed by atoms with E-state index < -0.39 is 0 Å². The van der Waals surface area contributed by atoms with E-state index in [1.54, 1.807) is 0 Å². The molecular formula is C18H31ClN2O2. The normalized spacial score (nSPS) is 42.2. The summed E-state index contributed by atoms with van der Waals surface area (Å²) in [7, 11) is 0. The monoisotopic (exact) mass is 342 g/mol. The third kappa shape index (κ3) is 3.40. The van der Waals surface area contributed by atoms with Crippen LogP contribution in [0.2, 0.25) is 0 Å². The lowest BCUT2D eigenvalue weighted by atomic mass is 9.83. The largest absolute Gasteiger partial charge is 0.364 e.